The summed E-state index contributed by atoms with van der Waals surface area (Å²) in [4.78, 5) is 16.1. The smallest absolute Gasteiger partial charge is 0.239 e. The number of rotatable bonds is 4. The number of amides is 1. The summed E-state index contributed by atoms with van der Waals surface area (Å²) in [5, 5.41) is 0. The standard InChI is InChI=1S/C15H23N3O/c1-12(16)15(19)18-9-8-14(11-18)17(2)10-13-6-4-3-5-7-13/h3-7,12,14H,8-11,16H2,1-2H3/t12?,14-/m0/s1. The maximum Gasteiger partial charge on any atom is 0.239 e. The number of hydrogen-bond donors (Lipinski definition) is 1. The molecule has 1 amide bonds. The summed E-state index contributed by atoms with van der Waals surface area (Å²) < 4.78 is 0. The third-order valence-corrected chi connectivity index (χ3v) is 3.76. The number of nitrogens with zero attached hydrogens (tertiary/aromatic N) is 2. The van der Waals surface area contributed by atoms with Crippen LogP contribution in [-0.4, -0.2) is 47.9 Å². The Hall–Kier alpha value is -1.39. The molecule has 4 nitrogen and oxygen atoms in total. The van der Waals surface area contributed by atoms with Crippen molar-refractivity contribution in [2.75, 3.05) is 20.1 Å². The molecule has 0 bridgehead atoms. The van der Waals surface area contributed by atoms with Crippen LogP contribution < -0.4 is 5.73 Å². The first-order valence-corrected chi connectivity index (χ1v) is 6.86. The zero-order valence-electron chi connectivity index (χ0n) is 11.7. The molecule has 1 aromatic rings. The van der Waals surface area contributed by atoms with E-state index < -0.39 is 6.04 Å². The zero-order chi connectivity index (χ0) is 13.8. The first-order chi connectivity index (χ1) is 9.08. The van der Waals surface area contributed by atoms with Gasteiger partial charge >= 0.3 is 0 Å². The predicted octanol–water partition coefficient (Wildman–Crippen LogP) is 1.07. The molecule has 4 heteroatoms. The van der Waals surface area contributed by atoms with E-state index in [9.17, 15) is 4.79 Å². The van der Waals surface area contributed by atoms with Crippen LogP contribution in [0.4, 0.5) is 0 Å². The van der Waals surface area contributed by atoms with Crippen molar-refractivity contribution < 1.29 is 4.79 Å². The lowest BCUT2D eigenvalue weighted by Crippen LogP contribution is -2.42. The largest absolute Gasteiger partial charge is 0.340 e. The van der Waals surface area contributed by atoms with Crippen LogP contribution in [0.25, 0.3) is 0 Å². The molecule has 19 heavy (non-hydrogen) atoms. The number of likely N-dealkylation sites (tertiary alicyclic amines) is 1. The van der Waals surface area contributed by atoms with Crippen LogP contribution in [-0.2, 0) is 11.3 Å². The van der Waals surface area contributed by atoms with Crippen LogP contribution in [0.3, 0.4) is 0 Å². The highest BCUT2D eigenvalue weighted by atomic mass is 16.2. The summed E-state index contributed by atoms with van der Waals surface area (Å²) in [6.45, 7) is 4.29. The second kappa shape index (κ2) is 6.17. The SMILES string of the molecule is CC(N)C(=O)N1CC[C@H](N(C)Cc2ccccc2)C1. The molecule has 0 aliphatic carbocycles. The van der Waals surface area contributed by atoms with Crippen molar-refractivity contribution in [1.29, 1.82) is 0 Å². The minimum Gasteiger partial charge on any atom is -0.340 e. The van der Waals surface area contributed by atoms with Crippen molar-refractivity contribution in [3.63, 3.8) is 0 Å². The van der Waals surface area contributed by atoms with Crippen molar-refractivity contribution in [1.82, 2.24) is 9.80 Å². The summed E-state index contributed by atoms with van der Waals surface area (Å²) in [7, 11) is 2.12. The summed E-state index contributed by atoms with van der Waals surface area (Å²) in [6, 6.07) is 10.5. The lowest BCUT2D eigenvalue weighted by Gasteiger charge is -2.25. The minimum atomic E-state index is -0.391. The molecule has 0 aromatic heterocycles. The predicted molar refractivity (Wildman–Crippen MR) is 76.5 cm³/mol. The Morgan fingerprint density at radius 3 is 2.79 bits per heavy atom. The lowest BCUT2D eigenvalue weighted by molar-refractivity contribution is -0.131. The zero-order valence-corrected chi connectivity index (χ0v) is 11.7. The summed E-state index contributed by atoms with van der Waals surface area (Å²) >= 11 is 0. The molecule has 1 heterocycles. The molecule has 2 rings (SSSR count). The van der Waals surface area contributed by atoms with E-state index in [0.29, 0.717) is 6.04 Å². The maximum absolute atomic E-state index is 11.9. The summed E-state index contributed by atoms with van der Waals surface area (Å²) in [5.74, 6) is 0.0654. The van der Waals surface area contributed by atoms with Gasteiger partial charge in [-0.25, -0.2) is 0 Å². The van der Waals surface area contributed by atoms with Crippen LogP contribution in [0.15, 0.2) is 30.3 Å². The van der Waals surface area contributed by atoms with Gasteiger partial charge in [-0.1, -0.05) is 30.3 Å². The molecule has 0 radical (unpaired) electrons. The van der Waals surface area contributed by atoms with Crippen LogP contribution in [0.5, 0.6) is 0 Å². The van der Waals surface area contributed by atoms with Gasteiger partial charge in [-0.15, -0.1) is 0 Å². The van der Waals surface area contributed by atoms with Crippen LogP contribution in [0, 0.1) is 0 Å². The number of hydrogen-bond acceptors (Lipinski definition) is 3. The Balaban J connectivity index is 1.88. The minimum absolute atomic E-state index is 0.0654. The molecule has 2 N–H and O–H groups in total. The van der Waals surface area contributed by atoms with Crippen molar-refractivity contribution in [2.45, 2.75) is 32.0 Å². The molecule has 1 aromatic carbocycles. The topological polar surface area (TPSA) is 49.6 Å². The van der Waals surface area contributed by atoms with Gasteiger partial charge in [0.2, 0.25) is 5.91 Å². The first-order valence-electron chi connectivity index (χ1n) is 6.86. The average molecular weight is 261 g/mol. The maximum atomic E-state index is 11.9. The average Bonchev–Trinajstić information content (AvgIpc) is 2.88. The van der Waals surface area contributed by atoms with E-state index in [1.54, 1.807) is 6.92 Å². The van der Waals surface area contributed by atoms with Gasteiger partial charge in [0.25, 0.3) is 0 Å². The molecule has 1 fully saturated rings. The molecule has 104 valence electrons. The monoisotopic (exact) mass is 261 g/mol. The van der Waals surface area contributed by atoms with E-state index in [-0.39, 0.29) is 5.91 Å². The number of carbonyl (C=O) groups excluding carboxylic acids is 1. The number of nitrogens with two attached hydrogens (primary N) is 1. The van der Waals surface area contributed by atoms with E-state index in [2.05, 4.69) is 36.2 Å². The molecule has 1 aliphatic rings. The highest BCUT2D eigenvalue weighted by Gasteiger charge is 2.29. The third-order valence-electron chi connectivity index (χ3n) is 3.76. The molecular formula is C15H23N3O. The molecule has 2 atom stereocenters. The first kappa shape index (κ1) is 14.0. The second-order valence-corrected chi connectivity index (χ2v) is 5.42. The summed E-state index contributed by atoms with van der Waals surface area (Å²) in [6.07, 6.45) is 1.03. The van der Waals surface area contributed by atoms with E-state index in [4.69, 9.17) is 5.73 Å². The van der Waals surface area contributed by atoms with E-state index in [1.165, 1.54) is 5.56 Å². The number of benzene rings is 1. The van der Waals surface area contributed by atoms with Crippen molar-refractivity contribution in [2.24, 2.45) is 5.73 Å². The van der Waals surface area contributed by atoms with Gasteiger partial charge < -0.3 is 10.6 Å². The van der Waals surface area contributed by atoms with Gasteiger partial charge in [0, 0.05) is 25.7 Å². The van der Waals surface area contributed by atoms with E-state index in [0.717, 1.165) is 26.1 Å². The van der Waals surface area contributed by atoms with E-state index in [1.807, 2.05) is 11.0 Å². The Morgan fingerprint density at radius 2 is 2.16 bits per heavy atom. The molecule has 0 spiro atoms. The highest BCUT2D eigenvalue weighted by molar-refractivity contribution is 5.81. The normalized spacial score (nSPS) is 20.8. The van der Waals surface area contributed by atoms with Gasteiger partial charge in [0.05, 0.1) is 6.04 Å². The van der Waals surface area contributed by atoms with Gasteiger partial charge in [-0.3, -0.25) is 9.69 Å². The van der Waals surface area contributed by atoms with E-state index >= 15 is 0 Å². The summed E-state index contributed by atoms with van der Waals surface area (Å²) in [5.41, 5.74) is 6.96. The second-order valence-electron chi connectivity index (χ2n) is 5.42. The van der Waals surface area contributed by atoms with Crippen molar-refractivity contribution >= 4 is 5.91 Å². The Kier molecular flexibility index (Phi) is 4.56. The van der Waals surface area contributed by atoms with Gasteiger partial charge in [-0.05, 0) is 26.0 Å². The fourth-order valence-corrected chi connectivity index (χ4v) is 2.59. The Bertz CT molecular complexity index is 419. The Labute approximate surface area is 115 Å². The lowest BCUT2D eigenvalue weighted by atomic mass is 10.1. The fraction of sp³-hybridized carbons (Fsp3) is 0.533. The van der Waals surface area contributed by atoms with Gasteiger partial charge in [-0.2, -0.15) is 0 Å². The highest BCUT2D eigenvalue weighted by Crippen LogP contribution is 2.17. The molecule has 1 saturated heterocycles. The fourth-order valence-electron chi connectivity index (χ4n) is 2.59. The van der Waals surface area contributed by atoms with Crippen LogP contribution in [0.1, 0.15) is 18.9 Å². The van der Waals surface area contributed by atoms with Crippen LogP contribution in [0.2, 0.25) is 0 Å². The Morgan fingerprint density at radius 1 is 1.47 bits per heavy atom. The number of carbonyl (C=O) groups is 1. The third kappa shape index (κ3) is 3.55. The van der Waals surface area contributed by atoms with Crippen LogP contribution >= 0.6 is 0 Å². The quantitative estimate of drug-likeness (QED) is 0.882. The molecule has 1 aliphatic heterocycles. The molecule has 0 saturated carbocycles. The molecule has 1 unspecified atom stereocenters. The van der Waals surface area contributed by atoms with Gasteiger partial charge in [0.1, 0.15) is 0 Å². The molecular weight excluding hydrogens is 238 g/mol. The van der Waals surface area contributed by atoms with Crippen molar-refractivity contribution in [3.05, 3.63) is 35.9 Å². The van der Waals surface area contributed by atoms with Crippen molar-refractivity contribution in [3.8, 4) is 0 Å². The number of likely N-dealkylation sites (N-methyl/N-ethyl adjacent to an activating group) is 1. The van der Waals surface area contributed by atoms with Gasteiger partial charge in [0.15, 0.2) is 0 Å².